The predicted molar refractivity (Wildman–Crippen MR) is 142 cm³/mol. The molecule has 8 nitrogen and oxygen atoms in total. The van der Waals surface area contributed by atoms with Crippen molar-refractivity contribution in [3.05, 3.63) is 107 Å². The van der Waals surface area contributed by atoms with Crippen LogP contribution in [0.3, 0.4) is 0 Å². The highest BCUT2D eigenvalue weighted by molar-refractivity contribution is 6.13. The molecule has 4 rings (SSSR count). The number of para-hydroxylation sites is 1. The van der Waals surface area contributed by atoms with E-state index in [0.717, 1.165) is 22.8 Å². The van der Waals surface area contributed by atoms with E-state index in [1.54, 1.807) is 33.0 Å². The SMILES string of the molecule is CC#Cc1ccc(-c2ccccc2NC(=O)c2ccc(C(=O)O)cc2C(N)=O)cc1.Cc1cc(F)n(C)n1. The summed E-state index contributed by atoms with van der Waals surface area (Å²) < 4.78 is 13.4. The molecule has 192 valence electrons. The summed E-state index contributed by atoms with van der Waals surface area (Å²) >= 11 is 0. The fourth-order valence-corrected chi connectivity index (χ4v) is 3.57. The monoisotopic (exact) mass is 512 g/mol. The minimum absolute atomic E-state index is 0.00382. The van der Waals surface area contributed by atoms with Crippen molar-refractivity contribution in [2.75, 3.05) is 5.32 Å². The molecule has 9 heteroatoms. The van der Waals surface area contributed by atoms with Crippen LogP contribution in [-0.4, -0.2) is 32.7 Å². The van der Waals surface area contributed by atoms with E-state index in [4.69, 9.17) is 10.8 Å². The zero-order chi connectivity index (χ0) is 27.8. The molecule has 2 amide bonds. The van der Waals surface area contributed by atoms with Crippen LogP contribution >= 0.6 is 0 Å². The minimum atomic E-state index is -1.22. The molecule has 0 aliphatic rings. The van der Waals surface area contributed by atoms with Gasteiger partial charge in [0.25, 0.3) is 5.91 Å². The second-order valence-electron chi connectivity index (χ2n) is 8.11. The summed E-state index contributed by atoms with van der Waals surface area (Å²) in [5.74, 6) is 2.86. The normalized spacial score (nSPS) is 9.89. The standard InChI is InChI=1S/C24H18N2O4.C5H7FN2/c1-2-5-15-8-10-16(11-9-15)18-6-3-4-7-21(18)26-23(28)19-13-12-17(24(29)30)14-20(19)22(25)27;1-4-3-5(6)8(2)7-4/h3-4,6-14H,1H3,(H2,25,27)(H,26,28)(H,29,30);3H,1-2H3. The number of primary amides is 1. The first-order valence-corrected chi connectivity index (χ1v) is 11.4. The first-order valence-electron chi connectivity index (χ1n) is 11.4. The number of aryl methyl sites for hydroxylation is 2. The summed E-state index contributed by atoms with van der Waals surface area (Å²) in [6.45, 7) is 3.52. The first kappa shape index (κ1) is 27.4. The van der Waals surface area contributed by atoms with E-state index in [2.05, 4.69) is 22.3 Å². The highest BCUT2D eigenvalue weighted by Crippen LogP contribution is 2.29. The Morgan fingerprint density at radius 3 is 2.21 bits per heavy atom. The first-order chi connectivity index (χ1) is 18.1. The molecule has 1 aromatic heterocycles. The van der Waals surface area contributed by atoms with E-state index < -0.39 is 17.8 Å². The van der Waals surface area contributed by atoms with Crippen LogP contribution in [0.25, 0.3) is 11.1 Å². The van der Waals surface area contributed by atoms with Crippen molar-refractivity contribution in [3.63, 3.8) is 0 Å². The number of amides is 2. The van der Waals surface area contributed by atoms with Gasteiger partial charge in [-0.05, 0) is 55.8 Å². The van der Waals surface area contributed by atoms with E-state index in [0.29, 0.717) is 11.4 Å². The molecule has 0 aliphatic carbocycles. The Labute approximate surface area is 218 Å². The third-order valence-electron chi connectivity index (χ3n) is 5.36. The summed E-state index contributed by atoms with van der Waals surface area (Å²) in [6, 6.07) is 19.8. The molecule has 4 N–H and O–H groups in total. The number of aromatic carboxylic acids is 1. The van der Waals surface area contributed by atoms with Gasteiger partial charge in [-0.15, -0.1) is 5.92 Å². The molecule has 1 heterocycles. The van der Waals surface area contributed by atoms with Crippen molar-refractivity contribution in [2.24, 2.45) is 12.8 Å². The van der Waals surface area contributed by atoms with E-state index in [1.165, 1.54) is 22.9 Å². The number of nitrogens with zero attached hydrogens (tertiary/aromatic N) is 2. The Balaban J connectivity index is 0.000000427. The van der Waals surface area contributed by atoms with Crippen LogP contribution in [0.1, 0.15) is 49.3 Å². The van der Waals surface area contributed by atoms with Gasteiger partial charge in [0.05, 0.1) is 22.4 Å². The van der Waals surface area contributed by atoms with Gasteiger partial charge >= 0.3 is 5.97 Å². The van der Waals surface area contributed by atoms with Gasteiger partial charge in [-0.2, -0.15) is 9.49 Å². The van der Waals surface area contributed by atoms with E-state index >= 15 is 0 Å². The molecular weight excluding hydrogens is 487 g/mol. The van der Waals surface area contributed by atoms with Crippen molar-refractivity contribution in [3.8, 4) is 23.0 Å². The fourth-order valence-electron chi connectivity index (χ4n) is 3.57. The van der Waals surface area contributed by atoms with Crippen LogP contribution in [0.15, 0.2) is 72.8 Å². The van der Waals surface area contributed by atoms with Gasteiger partial charge in [-0.1, -0.05) is 36.3 Å². The maximum Gasteiger partial charge on any atom is 0.335 e. The van der Waals surface area contributed by atoms with Crippen molar-refractivity contribution < 1.29 is 23.9 Å². The maximum absolute atomic E-state index is 12.9. The number of aromatic nitrogens is 2. The Kier molecular flexibility index (Phi) is 8.74. The predicted octanol–water partition coefficient (Wildman–Crippen LogP) is 4.64. The lowest BCUT2D eigenvalue weighted by Crippen LogP contribution is -2.21. The topological polar surface area (TPSA) is 127 Å². The zero-order valence-corrected chi connectivity index (χ0v) is 20.9. The molecule has 0 bridgehead atoms. The van der Waals surface area contributed by atoms with Crippen molar-refractivity contribution in [2.45, 2.75) is 13.8 Å². The Morgan fingerprint density at radius 2 is 1.68 bits per heavy atom. The number of carbonyl (C=O) groups excluding carboxylic acids is 2. The number of nitrogens with two attached hydrogens (primary N) is 1. The van der Waals surface area contributed by atoms with Gasteiger partial charge in [0.1, 0.15) is 0 Å². The van der Waals surface area contributed by atoms with Gasteiger partial charge in [-0.25, -0.2) is 9.48 Å². The molecule has 0 radical (unpaired) electrons. The molecule has 0 saturated carbocycles. The number of anilines is 1. The number of benzene rings is 3. The summed E-state index contributed by atoms with van der Waals surface area (Å²) in [4.78, 5) is 35.8. The molecule has 0 fully saturated rings. The molecule has 38 heavy (non-hydrogen) atoms. The van der Waals surface area contributed by atoms with Gasteiger partial charge < -0.3 is 16.2 Å². The van der Waals surface area contributed by atoms with Crippen LogP contribution in [0.2, 0.25) is 0 Å². The third kappa shape index (κ3) is 6.71. The third-order valence-corrected chi connectivity index (χ3v) is 5.36. The zero-order valence-electron chi connectivity index (χ0n) is 20.9. The average molecular weight is 513 g/mol. The van der Waals surface area contributed by atoms with Crippen molar-refractivity contribution in [1.29, 1.82) is 0 Å². The quantitative estimate of drug-likeness (QED) is 0.336. The highest BCUT2D eigenvalue weighted by atomic mass is 19.1. The smallest absolute Gasteiger partial charge is 0.335 e. The van der Waals surface area contributed by atoms with E-state index in [-0.39, 0.29) is 22.6 Å². The largest absolute Gasteiger partial charge is 0.478 e. The van der Waals surface area contributed by atoms with Gasteiger partial charge in [0.2, 0.25) is 11.9 Å². The molecular formula is C29H25FN4O4. The van der Waals surface area contributed by atoms with E-state index in [1.807, 2.05) is 36.4 Å². The molecule has 0 aliphatic heterocycles. The number of halogens is 1. The lowest BCUT2D eigenvalue weighted by molar-refractivity contribution is 0.0696. The fraction of sp³-hybridized carbons (Fsp3) is 0.103. The summed E-state index contributed by atoms with van der Waals surface area (Å²) in [6.07, 6.45) is 0. The summed E-state index contributed by atoms with van der Waals surface area (Å²) in [5, 5.41) is 15.6. The van der Waals surface area contributed by atoms with Crippen LogP contribution in [0.4, 0.5) is 10.1 Å². The molecule has 0 saturated heterocycles. The number of hydrogen-bond donors (Lipinski definition) is 3. The van der Waals surface area contributed by atoms with E-state index in [9.17, 15) is 18.8 Å². The summed E-state index contributed by atoms with van der Waals surface area (Å²) in [7, 11) is 1.57. The Morgan fingerprint density at radius 1 is 1.00 bits per heavy atom. The number of nitrogens with one attached hydrogen (secondary N) is 1. The molecule has 0 atom stereocenters. The number of carboxylic acids is 1. The van der Waals surface area contributed by atoms with Gasteiger partial charge in [-0.3, -0.25) is 9.59 Å². The lowest BCUT2D eigenvalue weighted by atomic mass is 10.0. The molecule has 4 aromatic rings. The molecule has 3 aromatic carbocycles. The van der Waals surface area contributed by atoms with Crippen LogP contribution in [0.5, 0.6) is 0 Å². The van der Waals surface area contributed by atoms with Crippen LogP contribution in [0, 0.1) is 24.7 Å². The second-order valence-corrected chi connectivity index (χ2v) is 8.11. The number of rotatable bonds is 5. The number of carboxylic acid groups (broad SMARTS) is 1. The maximum atomic E-state index is 12.9. The minimum Gasteiger partial charge on any atom is -0.478 e. The molecule has 0 unspecified atom stereocenters. The van der Waals surface area contributed by atoms with Crippen molar-refractivity contribution >= 4 is 23.5 Å². The van der Waals surface area contributed by atoms with Gasteiger partial charge in [0, 0.05) is 29.9 Å². The Bertz CT molecular complexity index is 1540. The van der Waals surface area contributed by atoms with Crippen LogP contribution < -0.4 is 11.1 Å². The second kappa shape index (κ2) is 12.1. The average Bonchev–Trinajstić information content (AvgIpc) is 3.19. The lowest BCUT2D eigenvalue weighted by Gasteiger charge is -2.13. The number of carbonyl (C=O) groups is 3. The highest BCUT2D eigenvalue weighted by Gasteiger charge is 2.19. The molecule has 0 spiro atoms. The Hall–Kier alpha value is -5.23. The van der Waals surface area contributed by atoms with Crippen molar-refractivity contribution in [1.82, 2.24) is 9.78 Å². The summed E-state index contributed by atoms with van der Waals surface area (Å²) in [5.41, 5.74) is 8.85. The number of hydrogen-bond acceptors (Lipinski definition) is 4. The van der Waals surface area contributed by atoms with Crippen LogP contribution in [-0.2, 0) is 7.05 Å². The van der Waals surface area contributed by atoms with Gasteiger partial charge in [0.15, 0.2) is 0 Å².